The fourth-order valence-corrected chi connectivity index (χ4v) is 10.2. The Balaban J connectivity index is 1.35. The second-order valence-electron chi connectivity index (χ2n) is 16.5. The minimum atomic E-state index is -4.66. The summed E-state index contributed by atoms with van der Waals surface area (Å²) < 4.78 is 78.9. The highest BCUT2D eigenvalue weighted by Crippen LogP contribution is 2.48. The van der Waals surface area contributed by atoms with Crippen molar-refractivity contribution >= 4 is 44.4 Å². The van der Waals surface area contributed by atoms with Crippen molar-refractivity contribution in [2.45, 2.75) is 101 Å². The van der Waals surface area contributed by atoms with E-state index < -0.39 is 39.8 Å². The highest BCUT2D eigenvalue weighted by molar-refractivity contribution is 7.90. The number of carbonyl (C=O) groups excluding carboxylic acids is 2. The zero-order valence-corrected chi connectivity index (χ0v) is 33.3. The first kappa shape index (κ1) is 39.2. The number of quaternary nitrogens is 1. The van der Waals surface area contributed by atoms with Gasteiger partial charge in [0, 0.05) is 22.0 Å². The second-order valence-corrected chi connectivity index (χ2v) is 18.8. The highest BCUT2D eigenvalue weighted by atomic mass is 32.2. The molecule has 2 amide bonds. The quantitative estimate of drug-likeness (QED) is 0.184. The van der Waals surface area contributed by atoms with Gasteiger partial charge in [0.1, 0.15) is 25.4 Å². The van der Waals surface area contributed by atoms with E-state index in [9.17, 15) is 36.4 Å². The summed E-state index contributed by atoms with van der Waals surface area (Å²) in [5.41, 5.74) is 4.56. The lowest BCUT2D eigenvalue weighted by atomic mass is 9.81. The molecule has 304 valence electrons. The third-order valence-corrected chi connectivity index (χ3v) is 13.9. The van der Waals surface area contributed by atoms with Crippen molar-refractivity contribution < 1.29 is 45.8 Å². The number of nitrogens with zero attached hydrogens (tertiary/aromatic N) is 5. The van der Waals surface area contributed by atoms with Crippen molar-refractivity contribution in [3.8, 4) is 17.0 Å². The minimum Gasteiger partial charge on any atom is -0.497 e. The van der Waals surface area contributed by atoms with Crippen LogP contribution in [0, 0.1) is 0 Å². The number of alkyl halides is 3. The molecule has 3 aliphatic heterocycles. The van der Waals surface area contributed by atoms with Crippen molar-refractivity contribution in [3.05, 3.63) is 70.5 Å². The molecule has 4 aliphatic rings. The van der Waals surface area contributed by atoms with E-state index in [2.05, 4.69) is 9.82 Å². The number of rotatable bonds is 8. The molecule has 2 aromatic heterocycles. The van der Waals surface area contributed by atoms with Gasteiger partial charge in [-0.25, -0.2) is 18.3 Å². The number of allylic oxidation sites excluding steroid dienone is 1. The Morgan fingerprint density at radius 1 is 1.02 bits per heavy atom. The van der Waals surface area contributed by atoms with E-state index in [1.54, 1.807) is 30.2 Å². The van der Waals surface area contributed by atoms with Gasteiger partial charge in [0.2, 0.25) is 10.0 Å². The van der Waals surface area contributed by atoms with Gasteiger partial charge in [0.25, 0.3) is 11.8 Å². The van der Waals surface area contributed by atoms with Crippen LogP contribution in [0.15, 0.2) is 42.6 Å². The molecule has 2 N–H and O–H groups in total. The SMILES string of the molecule is COc1ccc2c(c1)C=C(c1c(C(=O)N3C4CCC3C[N+](C)(O)C4)cnn1CC(F)(F)F)Cn1c-2c(C2CCCCC2)c2ccc(C(=O)NS(=O)(=O)C(C)C)cc21. The fourth-order valence-electron chi connectivity index (χ4n) is 9.58. The molecule has 3 fully saturated rings. The van der Waals surface area contributed by atoms with Gasteiger partial charge in [-0.15, -0.1) is 0 Å². The summed E-state index contributed by atoms with van der Waals surface area (Å²) in [4.78, 5) is 29.9. The van der Waals surface area contributed by atoms with Crippen molar-refractivity contribution in [3.63, 3.8) is 0 Å². The van der Waals surface area contributed by atoms with E-state index in [-0.39, 0.29) is 46.0 Å². The van der Waals surface area contributed by atoms with Crippen molar-refractivity contribution in [1.82, 2.24) is 24.0 Å². The number of amides is 2. The van der Waals surface area contributed by atoms with Gasteiger partial charge in [0.05, 0.1) is 61.2 Å². The number of halogens is 3. The van der Waals surface area contributed by atoms with Crippen LogP contribution >= 0.6 is 0 Å². The molecule has 4 aromatic rings. The number of fused-ring (bicyclic) bond motifs is 7. The number of benzene rings is 2. The van der Waals surface area contributed by atoms with Crippen LogP contribution in [0.2, 0.25) is 0 Å². The van der Waals surface area contributed by atoms with E-state index >= 15 is 0 Å². The number of aromatic nitrogens is 3. The van der Waals surface area contributed by atoms with Gasteiger partial charge in [-0.05, 0) is 98.6 Å². The van der Waals surface area contributed by atoms with Gasteiger partial charge >= 0.3 is 6.18 Å². The number of sulfonamides is 1. The normalized spacial score (nSPS) is 22.6. The molecule has 5 heterocycles. The van der Waals surface area contributed by atoms with Crippen LogP contribution in [0.1, 0.15) is 102 Å². The Hall–Kier alpha value is -4.67. The van der Waals surface area contributed by atoms with Crippen LogP contribution in [-0.4, -0.2) is 100 Å². The summed E-state index contributed by atoms with van der Waals surface area (Å²) >= 11 is 0. The maximum atomic E-state index is 14.7. The number of hydrogen-bond acceptors (Lipinski definition) is 7. The van der Waals surface area contributed by atoms with Gasteiger partial charge in [-0.2, -0.15) is 22.9 Å². The van der Waals surface area contributed by atoms with Crippen LogP contribution in [0.3, 0.4) is 0 Å². The first-order valence-corrected chi connectivity index (χ1v) is 21.1. The molecular weight excluding hydrogens is 762 g/mol. The van der Waals surface area contributed by atoms with Crippen LogP contribution in [-0.2, 0) is 23.1 Å². The highest BCUT2D eigenvalue weighted by Gasteiger charge is 2.50. The molecule has 0 radical (unpaired) electrons. The summed E-state index contributed by atoms with van der Waals surface area (Å²) in [6.45, 7) is 2.14. The lowest BCUT2D eigenvalue weighted by Crippen LogP contribution is -2.62. The van der Waals surface area contributed by atoms with Gasteiger partial charge in [0.15, 0.2) is 0 Å². The van der Waals surface area contributed by atoms with Crippen molar-refractivity contribution in [2.75, 3.05) is 27.2 Å². The average Bonchev–Trinajstić information content (AvgIpc) is 3.75. The Bertz CT molecular complexity index is 2390. The lowest BCUT2D eigenvalue weighted by Gasteiger charge is -2.41. The molecule has 12 nitrogen and oxygen atoms in total. The predicted molar refractivity (Wildman–Crippen MR) is 208 cm³/mol. The fraction of sp³-hybridized carbons (Fsp3) is 0.488. The Morgan fingerprint density at radius 3 is 2.37 bits per heavy atom. The number of carbonyl (C=O) groups is 2. The van der Waals surface area contributed by atoms with E-state index in [1.807, 2.05) is 28.8 Å². The summed E-state index contributed by atoms with van der Waals surface area (Å²) in [5.74, 6) is -0.547. The van der Waals surface area contributed by atoms with E-state index in [0.717, 1.165) is 59.0 Å². The lowest BCUT2D eigenvalue weighted by molar-refractivity contribution is -1.09. The van der Waals surface area contributed by atoms with Gasteiger partial charge in [-0.3, -0.25) is 14.3 Å². The van der Waals surface area contributed by atoms with Crippen LogP contribution < -0.4 is 9.46 Å². The second kappa shape index (κ2) is 14.3. The third-order valence-electron chi connectivity index (χ3n) is 12.2. The smallest absolute Gasteiger partial charge is 0.408 e. The maximum Gasteiger partial charge on any atom is 0.408 e. The summed E-state index contributed by atoms with van der Waals surface area (Å²) in [6, 6.07) is 10.1. The predicted octanol–water partition coefficient (Wildman–Crippen LogP) is 6.97. The average molecular weight is 810 g/mol. The van der Waals surface area contributed by atoms with Crippen LogP contribution in [0.4, 0.5) is 13.2 Å². The van der Waals surface area contributed by atoms with Crippen LogP contribution in [0.5, 0.6) is 5.75 Å². The standard InChI is InChI=1S/C41H47F3N6O6S/c1-24(2)57(54,55)46-39(51)26-10-14-33-35(18-26)47-20-28(16-27-17-31(56-4)13-15-32(27)38(47)36(33)25-8-6-5-7-9-25)37-34(19-45-48(37)23-41(42,43)44)40(52)49-29-11-12-30(49)22-50(3,53)21-29/h10,13-19,24-25,29-30,53H,5-9,11-12,20-23H2,1-4H3/p+1. The zero-order valence-electron chi connectivity index (χ0n) is 32.5. The molecule has 2 atom stereocenters. The van der Waals surface area contributed by atoms with Crippen molar-refractivity contribution in [1.29, 1.82) is 0 Å². The molecule has 57 heavy (non-hydrogen) atoms. The van der Waals surface area contributed by atoms with E-state index in [4.69, 9.17) is 4.74 Å². The number of hydrogen-bond donors (Lipinski definition) is 2. The molecule has 2 bridgehead atoms. The molecular formula is C41H48F3N6O6S+. The third kappa shape index (κ3) is 7.24. The largest absolute Gasteiger partial charge is 0.497 e. The summed E-state index contributed by atoms with van der Waals surface area (Å²) in [6.07, 6.45) is 4.72. The molecule has 2 aromatic carbocycles. The first-order chi connectivity index (χ1) is 26.9. The number of likely N-dealkylation sites (tertiary alicyclic amines) is 1. The Labute approximate surface area is 329 Å². The number of piperazine rings is 1. The van der Waals surface area contributed by atoms with E-state index in [1.165, 1.54) is 27.2 Å². The van der Waals surface area contributed by atoms with Gasteiger partial charge in [-0.1, -0.05) is 25.3 Å². The van der Waals surface area contributed by atoms with Gasteiger partial charge < -0.3 is 14.2 Å². The monoisotopic (exact) mass is 809 g/mol. The molecule has 16 heteroatoms. The Kier molecular flexibility index (Phi) is 9.83. The van der Waals surface area contributed by atoms with E-state index in [0.29, 0.717) is 48.3 Å². The van der Waals surface area contributed by atoms with Crippen molar-refractivity contribution in [2.24, 2.45) is 0 Å². The Morgan fingerprint density at radius 2 is 1.72 bits per heavy atom. The summed E-state index contributed by atoms with van der Waals surface area (Å²) in [5, 5.41) is 15.1. The topological polar surface area (TPSA) is 136 Å². The number of methoxy groups -OCH3 is 1. The van der Waals surface area contributed by atoms with Crippen LogP contribution in [0.25, 0.3) is 33.8 Å². The number of ether oxygens (including phenoxy) is 1. The molecule has 2 saturated heterocycles. The molecule has 8 rings (SSSR count). The zero-order chi connectivity index (χ0) is 40.6. The number of hydroxylamine groups is 3. The summed E-state index contributed by atoms with van der Waals surface area (Å²) in [7, 11) is -0.716. The molecule has 1 saturated carbocycles. The number of likely N-dealkylation sites (N-methyl/N-ethyl adjacent to an activating group) is 1. The molecule has 0 spiro atoms. The first-order valence-electron chi connectivity index (χ1n) is 19.6. The molecule has 2 unspecified atom stereocenters. The molecule has 1 aliphatic carbocycles. The number of nitrogens with one attached hydrogen (secondary N) is 1. The minimum absolute atomic E-state index is 0.00714. The maximum absolute atomic E-state index is 14.7.